The lowest BCUT2D eigenvalue weighted by Crippen LogP contribution is -2.33. The molecule has 2 nitrogen and oxygen atoms in total. The van der Waals surface area contributed by atoms with Gasteiger partial charge in [-0.2, -0.15) is 0 Å². The normalized spacial score (nSPS) is 31.1. The molecule has 2 aliphatic carbocycles. The van der Waals surface area contributed by atoms with Crippen LogP contribution in [0.1, 0.15) is 50.2 Å². The Bertz CT molecular complexity index is 484. The third-order valence-electron chi connectivity index (χ3n) is 5.55. The number of carboxylic acid groups (broad SMARTS) is 1. The standard InChI is InChI=1S/C17H22O2/c1-12(16(18)19)13-6-9-17(10-7-13)11-8-14-4-2-3-5-15(14)17/h2-5,12-13H,6-11H2,1H3,(H,18,19)/t12-,13?,17?/m0/s1. The Morgan fingerprint density at radius 3 is 2.63 bits per heavy atom. The molecule has 0 amide bonds. The quantitative estimate of drug-likeness (QED) is 0.876. The third kappa shape index (κ3) is 2.07. The van der Waals surface area contributed by atoms with Gasteiger partial charge in [0.15, 0.2) is 0 Å². The highest BCUT2D eigenvalue weighted by atomic mass is 16.4. The van der Waals surface area contributed by atoms with Crippen molar-refractivity contribution in [1.29, 1.82) is 0 Å². The first kappa shape index (κ1) is 12.7. The molecule has 1 aromatic carbocycles. The molecule has 1 spiro atoms. The molecule has 0 bridgehead atoms. The lowest BCUT2D eigenvalue weighted by Gasteiger charge is -2.39. The van der Waals surface area contributed by atoms with Gasteiger partial charge in [-0.3, -0.25) is 4.79 Å². The number of carboxylic acids is 1. The van der Waals surface area contributed by atoms with Gasteiger partial charge in [-0.05, 0) is 61.0 Å². The van der Waals surface area contributed by atoms with Crippen LogP contribution in [0.25, 0.3) is 0 Å². The summed E-state index contributed by atoms with van der Waals surface area (Å²) in [6, 6.07) is 8.84. The van der Waals surface area contributed by atoms with Crippen molar-refractivity contribution < 1.29 is 9.90 Å². The molecule has 102 valence electrons. The maximum Gasteiger partial charge on any atom is 0.306 e. The Morgan fingerprint density at radius 2 is 1.95 bits per heavy atom. The van der Waals surface area contributed by atoms with Gasteiger partial charge in [0.2, 0.25) is 0 Å². The van der Waals surface area contributed by atoms with E-state index in [2.05, 4.69) is 24.3 Å². The fourth-order valence-electron chi connectivity index (χ4n) is 4.18. The molecule has 0 heterocycles. The highest BCUT2D eigenvalue weighted by molar-refractivity contribution is 5.69. The monoisotopic (exact) mass is 258 g/mol. The molecule has 0 aliphatic heterocycles. The average molecular weight is 258 g/mol. The van der Waals surface area contributed by atoms with E-state index >= 15 is 0 Å². The summed E-state index contributed by atoms with van der Waals surface area (Å²) in [5.74, 6) is -0.447. The fraction of sp³-hybridized carbons (Fsp3) is 0.588. The van der Waals surface area contributed by atoms with Gasteiger partial charge in [0, 0.05) is 0 Å². The fourth-order valence-corrected chi connectivity index (χ4v) is 4.18. The number of rotatable bonds is 2. The summed E-state index contributed by atoms with van der Waals surface area (Å²) in [5.41, 5.74) is 3.44. The molecule has 0 unspecified atom stereocenters. The van der Waals surface area contributed by atoms with Crippen LogP contribution in [0.5, 0.6) is 0 Å². The zero-order chi connectivity index (χ0) is 13.5. The first-order valence-corrected chi connectivity index (χ1v) is 7.44. The van der Waals surface area contributed by atoms with Gasteiger partial charge in [0.25, 0.3) is 0 Å². The third-order valence-corrected chi connectivity index (χ3v) is 5.55. The van der Waals surface area contributed by atoms with E-state index in [-0.39, 0.29) is 5.92 Å². The van der Waals surface area contributed by atoms with Crippen molar-refractivity contribution in [2.45, 2.75) is 50.9 Å². The molecule has 3 rings (SSSR count). The molecule has 1 atom stereocenters. The number of hydrogen-bond donors (Lipinski definition) is 1. The predicted molar refractivity (Wildman–Crippen MR) is 75.2 cm³/mol. The zero-order valence-corrected chi connectivity index (χ0v) is 11.6. The number of aliphatic carboxylic acids is 1. The van der Waals surface area contributed by atoms with Gasteiger partial charge < -0.3 is 5.11 Å². The minimum Gasteiger partial charge on any atom is -0.481 e. The Balaban J connectivity index is 1.76. The molecule has 1 fully saturated rings. The number of hydrogen-bond acceptors (Lipinski definition) is 1. The summed E-state index contributed by atoms with van der Waals surface area (Å²) in [7, 11) is 0. The molecule has 0 saturated heterocycles. The van der Waals surface area contributed by atoms with Gasteiger partial charge in [0.05, 0.1) is 5.92 Å². The van der Waals surface area contributed by atoms with E-state index in [4.69, 9.17) is 5.11 Å². The summed E-state index contributed by atoms with van der Waals surface area (Å²) >= 11 is 0. The topological polar surface area (TPSA) is 37.3 Å². The van der Waals surface area contributed by atoms with Crippen molar-refractivity contribution in [3.63, 3.8) is 0 Å². The van der Waals surface area contributed by atoms with E-state index in [0.717, 1.165) is 12.8 Å². The number of benzene rings is 1. The van der Waals surface area contributed by atoms with E-state index < -0.39 is 5.97 Å². The average Bonchev–Trinajstić information content (AvgIpc) is 2.78. The van der Waals surface area contributed by atoms with Crippen LogP contribution >= 0.6 is 0 Å². The van der Waals surface area contributed by atoms with E-state index in [9.17, 15) is 4.79 Å². The maximum atomic E-state index is 11.1. The van der Waals surface area contributed by atoms with E-state index in [1.165, 1.54) is 31.2 Å². The molecule has 0 aromatic heterocycles. The van der Waals surface area contributed by atoms with Crippen molar-refractivity contribution in [3.05, 3.63) is 35.4 Å². The SMILES string of the molecule is C[C@H](C(=O)O)C1CCC2(CCc3ccccc32)CC1. The Labute approximate surface area is 114 Å². The molecular weight excluding hydrogens is 236 g/mol. The number of fused-ring (bicyclic) bond motifs is 2. The minimum atomic E-state index is -0.632. The van der Waals surface area contributed by atoms with Crippen LogP contribution in [0.15, 0.2) is 24.3 Å². The molecule has 0 radical (unpaired) electrons. The van der Waals surface area contributed by atoms with Gasteiger partial charge >= 0.3 is 5.97 Å². The van der Waals surface area contributed by atoms with Crippen molar-refractivity contribution >= 4 is 5.97 Å². The minimum absolute atomic E-state index is 0.186. The smallest absolute Gasteiger partial charge is 0.306 e. The van der Waals surface area contributed by atoms with Gasteiger partial charge in [-0.1, -0.05) is 31.2 Å². The van der Waals surface area contributed by atoms with Crippen LogP contribution in [-0.4, -0.2) is 11.1 Å². The van der Waals surface area contributed by atoms with Crippen molar-refractivity contribution in [2.75, 3.05) is 0 Å². The lowest BCUT2D eigenvalue weighted by atomic mass is 9.65. The molecular formula is C17H22O2. The van der Waals surface area contributed by atoms with Crippen LogP contribution in [0.2, 0.25) is 0 Å². The lowest BCUT2D eigenvalue weighted by molar-refractivity contribution is -0.143. The maximum absolute atomic E-state index is 11.1. The highest BCUT2D eigenvalue weighted by Gasteiger charge is 2.42. The van der Waals surface area contributed by atoms with E-state index in [1.807, 2.05) is 6.92 Å². The van der Waals surface area contributed by atoms with Gasteiger partial charge in [-0.15, -0.1) is 0 Å². The Morgan fingerprint density at radius 1 is 1.26 bits per heavy atom. The summed E-state index contributed by atoms with van der Waals surface area (Å²) in [5, 5.41) is 9.15. The van der Waals surface area contributed by atoms with Crippen LogP contribution in [0.3, 0.4) is 0 Å². The summed E-state index contributed by atoms with van der Waals surface area (Å²) < 4.78 is 0. The molecule has 2 aliphatic rings. The van der Waals surface area contributed by atoms with Crippen molar-refractivity contribution in [2.24, 2.45) is 11.8 Å². The zero-order valence-electron chi connectivity index (χ0n) is 11.6. The Hall–Kier alpha value is -1.31. The van der Waals surface area contributed by atoms with E-state index in [1.54, 1.807) is 5.56 Å². The van der Waals surface area contributed by atoms with Crippen LogP contribution in [-0.2, 0) is 16.6 Å². The Kier molecular flexibility index (Phi) is 3.12. The highest BCUT2D eigenvalue weighted by Crippen LogP contribution is 2.50. The number of aryl methyl sites for hydroxylation is 1. The summed E-state index contributed by atoms with van der Waals surface area (Å²) in [4.78, 5) is 11.1. The second kappa shape index (κ2) is 4.66. The molecule has 19 heavy (non-hydrogen) atoms. The molecule has 1 saturated carbocycles. The van der Waals surface area contributed by atoms with Crippen molar-refractivity contribution in [3.8, 4) is 0 Å². The largest absolute Gasteiger partial charge is 0.481 e. The molecule has 2 heteroatoms. The second-order valence-corrected chi connectivity index (χ2v) is 6.40. The second-order valence-electron chi connectivity index (χ2n) is 6.40. The van der Waals surface area contributed by atoms with Crippen LogP contribution in [0.4, 0.5) is 0 Å². The first-order chi connectivity index (χ1) is 9.12. The van der Waals surface area contributed by atoms with E-state index in [0.29, 0.717) is 11.3 Å². The molecule has 1 aromatic rings. The van der Waals surface area contributed by atoms with Crippen molar-refractivity contribution in [1.82, 2.24) is 0 Å². The summed E-state index contributed by atoms with van der Waals surface area (Å²) in [6.45, 7) is 1.87. The first-order valence-electron chi connectivity index (χ1n) is 7.44. The van der Waals surface area contributed by atoms with Gasteiger partial charge in [0.1, 0.15) is 0 Å². The predicted octanol–water partition coefficient (Wildman–Crippen LogP) is 3.78. The van der Waals surface area contributed by atoms with Crippen LogP contribution < -0.4 is 0 Å². The van der Waals surface area contributed by atoms with Crippen LogP contribution in [0, 0.1) is 11.8 Å². The molecule has 1 N–H and O–H groups in total. The van der Waals surface area contributed by atoms with Gasteiger partial charge in [-0.25, -0.2) is 0 Å². The summed E-state index contributed by atoms with van der Waals surface area (Å²) in [6.07, 6.45) is 6.96. The number of carbonyl (C=O) groups is 1.